The first-order chi connectivity index (χ1) is 8.01. The Hall–Kier alpha value is -0.570. The van der Waals surface area contributed by atoms with E-state index < -0.39 is 0 Å². The predicted molar refractivity (Wildman–Crippen MR) is 69.5 cm³/mol. The normalized spacial score (nSPS) is 41.4. The van der Waals surface area contributed by atoms with Crippen LogP contribution >= 0.6 is 0 Å². The molecule has 2 rings (SSSR count). The summed E-state index contributed by atoms with van der Waals surface area (Å²) in [5, 5.41) is 0. The number of rotatable bonds is 3. The molecule has 3 heteroatoms. The summed E-state index contributed by atoms with van der Waals surface area (Å²) in [5.74, 6) is 1.36. The number of hydrogen-bond donors (Lipinski definition) is 1. The summed E-state index contributed by atoms with van der Waals surface area (Å²) in [6, 6.07) is 0.285. The lowest BCUT2D eigenvalue weighted by molar-refractivity contribution is -0.137. The zero-order chi connectivity index (χ0) is 12.6. The summed E-state index contributed by atoms with van der Waals surface area (Å²) >= 11 is 0. The molecule has 3 nitrogen and oxygen atoms in total. The molecule has 2 fully saturated rings. The van der Waals surface area contributed by atoms with Crippen molar-refractivity contribution in [2.75, 3.05) is 13.1 Å². The second-order valence-corrected chi connectivity index (χ2v) is 6.32. The number of amides is 1. The van der Waals surface area contributed by atoms with Crippen LogP contribution in [0.25, 0.3) is 0 Å². The molecule has 1 saturated heterocycles. The van der Waals surface area contributed by atoms with E-state index in [4.69, 9.17) is 5.73 Å². The Morgan fingerprint density at radius 1 is 1.53 bits per heavy atom. The maximum Gasteiger partial charge on any atom is 0.226 e. The second-order valence-electron chi connectivity index (χ2n) is 6.32. The lowest BCUT2D eigenvalue weighted by Gasteiger charge is -2.38. The number of likely N-dealkylation sites (tertiary alicyclic amines) is 1. The van der Waals surface area contributed by atoms with Crippen molar-refractivity contribution in [3.05, 3.63) is 0 Å². The van der Waals surface area contributed by atoms with Crippen LogP contribution in [0.3, 0.4) is 0 Å². The van der Waals surface area contributed by atoms with Crippen LogP contribution < -0.4 is 5.73 Å². The van der Waals surface area contributed by atoms with Crippen LogP contribution in [-0.4, -0.2) is 29.9 Å². The van der Waals surface area contributed by atoms with Crippen molar-refractivity contribution in [3.63, 3.8) is 0 Å². The molecule has 17 heavy (non-hydrogen) atoms. The minimum absolute atomic E-state index is 0.273. The minimum Gasteiger partial charge on any atom is -0.338 e. The standard InChI is InChI=1S/C14H26N2O/c1-4-14(3)8-12(14)13(17)16-6-5-10(2)7-11(16)9-15/h10-12H,4-9,15H2,1-3H3. The van der Waals surface area contributed by atoms with Gasteiger partial charge in [0.15, 0.2) is 0 Å². The Kier molecular flexibility index (Phi) is 3.48. The lowest BCUT2D eigenvalue weighted by Crippen LogP contribution is -2.50. The average molecular weight is 238 g/mol. The third kappa shape index (κ3) is 2.35. The highest BCUT2D eigenvalue weighted by Gasteiger charge is 2.54. The molecule has 0 radical (unpaired) electrons. The molecule has 1 aliphatic heterocycles. The molecule has 2 N–H and O–H groups in total. The Morgan fingerprint density at radius 3 is 2.76 bits per heavy atom. The second kappa shape index (κ2) is 4.60. The van der Waals surface area contributed by atoms with Gasteiger partial charge >= 0.3 is 0 Å². The van der Waals surface area contributed by atoms with Crippen molar-refractivity contribution in [2.45, 2.75) is 52.5 Å². The molecule has 1 heterocycles. The summed E-state index contributed by atoms with van der Waals surface area (Å²) in [5.41, 5.74) is 6.10. The van der Waals surface area contributed by atoms with Crippen molar-refractivity contribution in [3.8, 4) is 0 Å². The Labute approximate surface area is 105 Å². The fourth-order valence-electron chi connectivity index (χ4n) is 3.15. The van der Waals surface area contributed by atoms with Gasteiger partial charge in [0, 0.05) is 25.0 Å². The summed E-state index contributed by atoms with van der Waals surface area (Å²) in [7, 11) is 0. The smallest absolute Gasteiger partial charge is 0.226 e. The molecule has 4 atom stereocenters. The fraction of sp³-hybridized carbons (Fsp3) is 0.929. The van der Waals surface area contributed by atoms with E-state index in [1.807, 2.05) is 0 Å². The van der Waals surface area contributed by atoms with Gasteiger partial charge in [0.1, 0.15) is 0 Å². The average Bonchev–Trinajstić information content (AvgIpc) is 3.01. The van der Waals surface area contributed by atoms with Crippen LogP contribution in [0.5, 0.6) is 0 Å². The monoisotopic (exact) mass is 238 g/mol. The van der Waals surface area contributed by atoms with Gasteiger partial charge in [-0.15, -0.1) is 0 Å². The van der Waals surface area contributed by atoms with Crippen LogP contribution in [0.1, 0.15) is 46.5 Å². The summed E-state index contributed by atoms with van der Waals surface area (Å²) in [4.78, 5) is 14.6. The van der Waals surface area contributed by atoms with Crippen molar-refractivity contribution in [1.82, 2.24) is 4.90 Å². The van der Waals surface area contributed by atoms with Gasteiger partial charge < -0.3 is 10.6 Å². The van der Waals surface area contributed by atoms with E-state index >= 15 is 0 Å². The molecule has 1 saturated carbocycles. The lowest BCUT2D eigenvalue weighted by atomic mass is 9.91. The molecule has 2 aliphatic rings. The highest BCUT2D eigenvalue weighted by atomic mass is 16.2. The van der Waals surface area contributed by atoms with Crippen molar-refractivity contribution < 1.29 is 4.79 Å². The molecule has 0 aromatic heterocycles. The topological polar surface area (TPSA) is 46.3 Å². The summed E-state index contributed by atoms with van der Waals surface area (Å²) in [6.07, 6.45) is 4.40. The van der Waals surface area contributed by atoms with Gasteiger partial charge in [0.25, 0.3) is 0 Å². The van der Waals surface area contributed by atoms with Crippen molar-refractivity contribution >= 4 is 5.91 Å². The largest absolute Gasteiger partial charge is 0.338 e. The van der Waals surface area contributed by atoms with E-state index in [2.05, 4.69) is 25.7 Å². The number of piperidine rings is 1. The van der Waals surface area contributed by atoms with Crippen LogP contribution in [-0.2, 0) is 4.79 Å². The zero-order valence-electron chi connectivity index (χ0n) is 11.4. The molecular weight excluding hydrogens is 212 g/mol. The fourth-order valence-corrected chi connectivity index (χ4v) is 3.15. The van der Waals surface area contributed by atoms with E-state index in [1.165, 1.54) is 0 Å². The number of hydrogen-bond acceptors (Lipinski definition) is 2. The highest BCUT2D eigenvalue weighted by molar-refractivity contribution is 5.83. The van der Waals surface area contributed by atoms with Gasteiger partial charge in [-0.3, -0.25) is 4.79 Å². The van der Waals surface area contributed by atoms with Crippen LogP contribution in [0, 0.1) is 17.3 Å². The van der Waals surface area contributed by atoms with E-state index in [1.54, 1.807) is 0 Å². The van der Waals surface area contributed by atoms with Crippen LogP contribution in [0.15, 0.2) is 0 Å². The van der Waals surface area contributed by atoms with Gasteiger partial charge in [0.05, 0.1) is 0 Å². The summed E-state index contributed by atoms with van der Waals surface area (Å²) in [6.45, 7) is 8.22. The molecule has 1 amide bonds. The molecule has 4 unspecified atom stereocenters. The molecule has 0 spiro atoms. The van der Waals surface area contributed by atoms with Crippen LogP contribution in [0.2, 0.25) is 0 Å². The van der Waals surface area contributed by atoms with Gasteiger partial charge in [-0.05, 0) is 37.0 Å². The number of carbonyl (C=O) groups excluding carboxylic acids is 1. The van der Waals surface area contributed by atoms with Crippen LogP contribution in [0.4, 0.5) is 0 Å². The van der Waals surface area contributed by atoms with E-state index in [0.29, 0.717) is 18.4 Å². The predicted octanol–water partition coefficient (Wildman–Crippen LogP) is 2.01. The Morgan fingerprint density at radius 2 is 2.24 bits per heavy atom. The van der Waals surface area contributed by atoms with E-state index in [9.17, 15) is 4.79 Å². The maximum atomic E-state index is 12.5. The molecule has 1 aliphatic carbocycles. The molecular formula is C14H26N2O. The number of nitrogens with zero attached hydrogens (tertiary/aromatic N) is 1. The van der Waals surface area contributed by atoms with E-state index in [-0.39, 0.29) is 17.4 Å². The Balaban J connectivity index is 2.00. The van der Waals surface area contributed by atoms with Gasteiger partial charge in [-0.25, -0.2) is 0 Å². The Bertz CT molecular complexity index is 305. The first-order valence-corrected chi connectivity index (χ1v) is 7.02. The highest BCUT2D eigenvalue weighted by Crippen LogP contribution is 2.55. The molecule has 98 valence electrons. The third-order valence-corrected chi connectivity index (χ3v) is 4.99. The summed E-state index contributed by atoms with van der Waals surface area (Å²) < 4.78 is 0. The minimum atomic E-state index is 0.273. The van der Waals surface area contributed by atoms with Gasteiger partial charge in [-0.1, -0.05) is 20.8 Å². The van der Waals surface area contributed by atoms with Crippen molar-refractivity contribution in [2.24, 2.45) is 23.0 Å². The SMILES string of the molecule is CCC1(C)CC1C(=O)N1CCC(C)CC1CN. The quantitative estimate of drug-likeness (QED) is 0.817. The van der Waals surface area contributed by atoms with Crippen molar-refractivity contribution in [1.29, 1.82) is 0 Å². The molecule has 0 bridgehead atoms. The van der Waals surface area contributed by atoms with Gasteiger partial charge in [-0.2, -0.15) is 0 Å². The van der Waals surface area contributed by atoms with Gasteiger partial charge in [0.2, 0.25) is 5.91 Å². The first kappa shape index (κ1) is 12.9. The number of nitrogens with two attached hydrogens (primary N) is 1. The molecule has 0 aromatic carbocycles. The third-order valence-electron chi connectivity index (χ3n) is 4.99. The zero-order valence-corrected chi connectivity index (χ0v) is 11.4. The number of carbonyl (C=O) groups is 1. The maximum absolute atomic E-state index is 12.5. The first-order valence-electron chi connectivity index (χ1n) is 7.02. The molecule has 0 aromatic rings. The van der Waals surface area contributed by atoms with E-state index in [0.717, 1.165) is 32.2 Å².